The molecule has 2 rings (SSSR count). The number of hydrogen-bond acceptors (Lipinski definition) is 2. The second-order valence-corrected chi connectivity index (χ2v) is 5.39. The second kappa shape index (κ2) is 7.23. The smallest absolute Gasteiger partial charge is 0.123 e. The summed E-state index contributed by atoms with van der Waals surface area (Å²) in [6, 6.07) is 13.3. The quantitative estimate of drug-likeness (QED) is 0.867. The van der Waals surface area contributed by atoms with Crippen molar-refractivity contribution in [1.82, 2.24) is 5.32 Å². The van der Waals surface area contributed by atoms with Gasteiger partial charge in [-0.3, -0.25) is 0 Å². The highest BCUT2D eigenvalue weighted by molar-refractivity contribution is 5.54. The normalized spacial score (nSPS) is 10.7. The Morgan fingerprint density at radius 1 is 1.10 bits per heavy atom. The molecular formula is C18H23FN2. The number of nitrogens with zero attached hydrogens (tertiary/aromatic N) is 1. The summed E-state index contributed by atoms with van der Waals surface area (Å²) in [4.78, 5) is 2.15. The van der Waals surface area contributed by atoms with E-state index in [2.05, 4.69) is 42.3 Å². The van der Waals surface area contributed by atoms with E-state index < -0.39 is 0 Å². The van der Waals surface area contributed by atoms with Crippen LogP contribution >= 0.6 is 0 Å². The molecule has 0 radical (unpaired) electrons. The number of rotatable bonds is 6. The van der Waals surface area contributed by atoms with Gasteiger partial charge in [-0.15, -0.1) is 0 Å². The van der Waals surface area contributed by atoms with Gasteiger partial charge in [0.2, 0.25) is 0 Å². The summed E-state index contributed by atoms with van der Waals surface area (Å²) in [5.74, 6) is -0.182. The zero-order valence-electron chi connectivity index (χ0n) is 13.0. The number of nitrogens with one attached hydrogen (secondary N) is 1. The molecule has 0 fully saturated rings. The average molecular weight is 286 g/mol. The van der Waals surface area contributed by atoms with Crippen LogP contribution in [0.15, 0.2) is 42.5 Å². The molecule has 0 aliphatic heterocycles. The number of hydrogen-bond donors (Lipinski definition) is 1. The molecule has 112 valence electrons. The van der Waals surface area contributed by atoms with Gasteiger partial charge < -0.3 is 10.2 Å². The van der Waals surface area contributed by atoms with Crippen LogP contribution in [0.2, 0.25) is 0 Å². The third kappa shape index (κ3) is 4.30. The maximum absolute atomic E-state index is 13.2. The van der Waals surface area contributed by atoms with Crippen LogP contribution in [0.25, 0.3) is 0 Å². The van der Waals surface area contributed by atoms with Crippen molar-refractivity contribution in [2.45, 2.75) is 26.9 Å². The number of aryl methyl sites for hydroxylation is 1. The first-order chi connectivity index (χ1) is 10.1. The van der Waals surface area contributed by atoms with Gasteiger partial charge in [0.1, 0.15) is 5.82 Å². The lowest BCUT2D eigenvalue weighted by molar-refractivity contribution is 0.625. The number of benzene rings is 2. The van der Waals surface area contributed by atoms with Crippen molar-refractivity contribution in [1.29, 1.82) is 0 Å². The molecule has 2 nitrogen and oxygen atoms in total. The maximum Gasteiger partial charge on any atom is 0.123 e. The molecule has 0 unspecified atom stereocenters. The molecule has 1 N–H and O–H groups in total. The minimum absolute atomic E-state index is 0.182. The molecule has 21 heavy (non-hydrogen) atoms. The maximum atomic E-state index is 13.2. The lowest BCUT2D eigenvalue weighted by atomic mass is 10.1. The standard InChI is InChI=1S/C18H23FN2/c1-4-20-12-15-8-9-18(14(2)10-15)21(3)13-16-6-5-7-17(19)11-16/h5-11,20H,4,12-13H2,1-3H3. The Morgan fingerprint density at radius 3 is 2.57 bits per heavy atom. The Balaban J connectivity index is 2.10. The summed E-state index contributed by atoms with van der Waals surface area (Å²) in [6.07, 6.45) is 0. The van der Waals surface area contributed by atoms with Crippen LogP contribution in [-0.2, 0) is 13.1 Å². The van der Waals surface area contributed by atoms with Gasteiger partial charge in [0.15, 0.2) is 0 Å². The summed E-state index contributed by atoms with van der Waals surface area (Å²) in [5.41, 5.74) is 4.69. The molecule has 0 heterocycles. The summed E-state index contributed by atoms with van der Waals surface area (Å²) in [5, 5.41) is 3.33. The van der Waals surface area contributed by atoms with Gasteiger partial charge in [0.05, 0.1) is 0 Å². The van der Waals surface area contributed by atoms with Crippen molar-refractivity contribution in [2.24, 2.45) is 0 Å². The fraction of sp³-hybridized carbons (Fsp3) is 0.333. The van der Waals surface area contributed by atoms with E-state index in [0.29, 0.717) is 6.54 Å². The predicted molar refractivity (Wildman–Crippen MR) is 87.1 cm³/mol. The predicted octanol–water partition coefficient (Wildman–Crippen LogP) is 3.88. The largest absolute Gasteiger partial charge is 0.370 e. The van der Waals surface area contributed by atoms with Crippen LogP contribution in [0.5, 0.6) is 0 Å². The van der Waals surface area contributed by atoms with Crippen molar-refractivity contribution in [3.63, 3.8) is 0 Å². The van der Waals surface area contributed by atoms with Gasteiger partial charge in [-0.1, -0.05) is 31.2 Å². The molecule has 0 atom stereocenters. The van der Waals surface area contributed by atoms with E-state index in [0.717, 1.165) is 18.7 Å². The van der Waals surface area contributed by atoms with Crippen LogP contribution in [0.1, 0.15) is 23.6 Å². The zero-order valence-corrected chi connectivity index (χ0v) is 13.0. The lowest BCUT2D eigenvalue weighted by Gasteiger charge is -2.22. The van der Waals surface area contributed by atoms with E-state index in [1.165, 1.54) is 22.9 Å². The van der Waals surface area contributed by atoms with E-state index in [-0.39, 0.29) is 5.82 Å². The third-order valence-corrected chi connectivity index (χ3v) is 3.56. The minimum Gasteiger partial charge on any atom is -0.370 e. The van der Waals surface area contributed by atoms with E-state index in [1.54, 1.807) is 12.1 Å². The van der Waals surface area contributed by atoms with Crippen molar-refractivity contribution >= 4 is 5.69 Å². The highest BCUT2D eigenvalue weighted by atomic mass is 19.1. The van der Waals surface area contributed by atoms with Crippen LogP contribution < -0.4 is 10.2 Å². The SMILES string of the molecule is CCNCc1ccc(N(C)Cc2cccc(F)c2)c(C)c1. The highest BCUT2D eigenvalue weighted by Gasteiger charge is 2.07. The number of anilines is 1. The van der Waals surface area contributed by atoms with E-state index >= 15 is 0 Å². The molecular weight excluding hydrogens is 263 g/mol. The summed E-state index contributed by atoms with van der Waals surface area (Å²) >= 11 is 0. The molecule has 2 aromatic rings. The van der Waals surface area contributed by atoms with E-state index in [4.69, 9.17) is 0 Å². The minimum atomic E-state index is -0.182. The first-order valence-electron chi connectivity index (χ1n) is 7.36. The first-order valence-corrected chi connectivity index (χ1v) is 7.36. The lowest BCUT2D eigenvalue weighted by Crippen LogP contribution is -2.18. The van der Waals surface area contributed by atoms with Crippen LogP contribution in [-0.4, -0.2) is 13.6 Å². The van der Waals surface area contributed by atoms with Gasteiger partial charge in [-0.25, -0.2) is 4.39 Å². The monoisotopic (exact) mass is 286 g/mol. The Morgan fingerprint density at radius 2 is 1.90 bits per heavy atom. The Kier molecular flexibility index (Phi) is 5.34. The van der Waals surface area contributed by atoms with E-state index in [1.807, 2.05) is 13.1 Å². The van der Waals surface area contributed by atoms with Crippen molar-refractivity contribution in [3.05, 3.63) is 65.0 Å². The molecule has 0 saturated carbocycles. The van der Waals surface area contributed by atoms with Crippen molar-refractivity contribution < 1.29 is 4.39 Å². The van der Waals surface area contributed by atoms with Gasteiger partial charge in [-0.2, -0.15) is 0 Å². The van der Waals surface area contributed by atoms with Gasteiger partial charge in [0, 0.05) is 25.8 Å². The fourth-order valence-corrected chi connectivity index (χ4v) is 2.52. The molecule has 3 heteroatoms. The van der Waals surface area contributed by atoms with Crippen LogP contribution in [0, 0.1) is 12.7 Å². The molecule has 0 saturated heterocycles. The van der Waals surface area contributed by atoms with Gasteiger partial charge >= 0.3 is 0 Å². The zero-order chi connectivity index (χ0) is 15.2. The Labute approximate surface area is 126 Å². The van der Waals surface area contributed by atoms with Gasteiger partial charge in [-0.05, 0) is 48.4 Å². The molecule has 0 aliphatic carbocycles. The van der Waals surface area contributed by atoms with Gasteiger partial charge in [0.25, 0.3) is 0 Å². The van der Waals surface area contributed by atoms with Crippen molar-refractivity contribution in [2.75, 3.05) is 18.5 Å². The summed E-state index contributed by atoms with van der Waals surface area (Å²) in [6.45, 7) is 6.79. The topological polar surface area (TPSA) is 15.3 Å². The van der Waals surface area contributed by atoms with Crippen LogP contribution in [0.4, 0.5) is 10.1 Å². The van der Waals surface area contributed by atoms with Crippen molar-refractivity contribution in [3.8, 4) is 0 Å². The molecule has 0 spiro atoms. The highest BCUT2D eigenvalue weighted by Crippen LogP contribution is 2.22. The molecule has 0 aliphatic rings. The summed E-state index contributed by atoms with van der Waals surface area (Å²) in [7, 11) is 2.04. The number of halogens is 1. The average Bonchev–Trinajstić information content (AvgIpc) is 2.45. The molecule has 2 aromatic carbocycles. The Hall–Kier alpha value is -1.87. The molecule has 0 amide bonds. The second-order valence-electron chi connectivity index (χ2n) is 5.39. The summed E-state index contributed by atoms with van der Waals surface area (Å²) < 4.78 is 13.2. The van der Waals surface area contributed by atoms with Crippen LogP contribution in [0.3, 0.4) is 0 Å². The molecule has 0 aromatic heterocycles. The first kappa shape index (κ1) is 15.5. The Bertz CT molecular complexity index is 596. The fourth-order valence-electron chi connectivity index (χ4n) is 2.52. The molecule has 0 bridgehead atoms. The third-order valence-electron chi connectivity index (χ3n) is 3.56. The van der Waals surface area contributed by atoms with E-state index in [9.17, 15) is 4.39 Å².